The minimum atomic E-state index is -4.77. The highest BCUT2D eigenvalue weighted by Crippen LogP contribution is 2.34. The molecule has 45 heavy (non-hydrogen) atoms. The van der Waals surface area contributed by atoms with Gasteiger partial charge in [-0.15, -0.1) is 28.3 Å². The van der Waals surface area contributed by atoms with E-state index < -0.39 is 12.5 Å². The number of aryl methyl sites for hydroxylation is 1. The summed E-state index contributed by atoms with van der Waals surface area (Å²) in [6, 6.07) is 18.4. The number of hydrogen-bond donors (Lipinski definition) is 0. The number of aromatic nitrogens is 3. The van der Waals surface area contributed by atoms with Crippen LogP contribution >= 0.6 is 11.8 Å². The number of halogens is 3. The number of amidine groups is 1. The first-order valence-corrected chi connectivity index (χ1v) is 14.8. The lowest BCUT2D eigenvalue weighted by Gasteiger charge is -2.22. The molecule has 10 nitrogen and oxygen atoms in total. The van der Waals surface area contributed by atoms with Crippen molar-refractivity contribution in [3.63, 3.8) is 0 Å². The third kappa shape index (κ3) is 7.88. The molecule has 14 heteroatoms. The SMILES string of the molecule is Cc1ccc(C(C)C)c(N2C(=O)CS/C2=N\C(=O)ON(C)Cc2ccc(-c3ncn(-c4ccc(OC(F)(F)F)cc4)n3)cc2)c1. The van der Waals surface area contributed by atoms with Crippen LogP contribution in [0.3, 0.4) is 0 Å². The fraction of sp³-hybridized carbons (Fsp3) is 0.258. The largest absolute Gasteiger partial charge is 0.573 e. The lowest BCUT2D eigenvalue weighted by atomic mass is 9.99. The Morgan fingerprint density at radius 3 is 2.47 bits per heavy atom. The van der Waals surface area contributed by atoms with E-state index in [1.54, 1.807) is 19.2 Å². The molecular formula is C31H29F3N6O4S. The molecule has 2 heterocycles. The van der Waals surface area contributed by atoms with Gasteiger partial charge >= 0.3 is 12.5 Å². The Morgan fingerprint density at radius 2 is 1.80 bits per heavy atom. The second-order valence-corrected chi connectivity index (χ2v) is 11.5. The van der Waals surface area contributed by atoms with Gasteiger partial charge < -0.3 is 9.57 Å². The Balaban J connectivity index is 1.20. The number of hydroxylamine groups is 2. The van der Waals surface area contributed by atoms with Crippen LogP contribution in [-0.4, -0.2) is 56.2 Å². The normalized spacial score (nSPS) is 14.6. The summed E-state index contributed by atoms with van der Waals surface area (Å²) in [5, 5.41) is 6.02. The molecule has 0 bridgehead atoms. The molecule has 1 aromatic heterocycles. The van der Waals surface area contributed by atoms with Gasteiger partial charge in [-0.3, -0.25) is 9.69 Å². The molecule has 1 saturated heterocycles. The standard InChI is InChI=1S/C31H29F3N6O4S/c1-19(2)25-14-5-20(3)15-26(25)40-27(41)17-45-29(40)36-30(42)44-38(4)16-21-6-8-22(9-7-21)28-35-18-39(37-28)23-10-12-24(13-11-23)43-31(32,33)34/h5-15,18-19H,16-17H2,1-4H3/b36-29-. The number of ether oxygens (including phenoxy) is 1. The molecule has 3 aromatic carbocycles. The highest BCUT2D eigenvalue weighted by atomic mass is 32.2. The smallest absolute Gasteiger partial charge is 0.406 e. The number of hydrogen-bond acceptors (Lipinski definition) is 8. The van der Waals surface area contributed by atoms with E-state index in [1.807, 2.05) is 51.1 Å². The topological polar surface area (TPSA) is 102 Å². The number of amides is 2. The number of aliphatic imine (C=N–C) groups is 1. The maximum absolute atomic E-state index is 12.8. The molecule has 1 aliphatic heterocycles. The Labute approximate surface area is 261 Å². The Bertz CT molecular complexity index is 1720. The molecule has 0 N–H and O–H groups in total. The van der Waals surface area contributed by atoms with E-state index in [1.165, 1.54) is 57.0 Å². The zero-order chi connectivity index (χ0) is 32.3. The van der Waals surface area contributed by atoms with Gasteiger partial charge in [-0.05, 0) is 59.9 Å². The highest BCUT2D eigenvalue weighted by molar-refractivity contribution is 8.15. The van der Waals surface area contributed by atoms with Gasteiger partial charge in [0.05, 0.1) is 23.7 Å². The lowest BCUT2D eigenvalue weighted by Crippen LogP contribution is -2.31. The van der Waals surface area contributed by atoms with Crippen LogP contribution in [0.4, 0.5) is 23.7 Å². The van der Waals surface area contributed by atoms with Crippen LogP contribution in [0.5, 0.6) is 5.75 Å². The predicted octanol–water partition coefficient (Wildman–Crippen LogP) is 6.88. The molecule has 1 aliphatic rings. The molecule has 0 atom stereocenters. The summed E-state index contributed by atoms with van der Waals surface area (Å²) in [5.41, 5.74) is 4.73. The summed E-state index contributed by atoms with van der Waals surface area (Å²) in [6.45, 7) is 6.29. The number of rotatable bonds is 8. The van der Waals surface area contributed by atoms with Gasteiger partial charge in [0.25, 0.3) is 0 Å². The Morgan fingerprint density at radius 1 is 1.09 bits per heavy atom. The molecule has 5 rings (SSSR count). The second kappa shape index (κ2) is 13.1. The van der Waals surface area contributed by atoms with Crippen molar-refractivity contribution in [1.29, 1.82) is 0 Å². The summed E-state index contributed by atoms with van der Waals surface area (Å²) in [5.74, 6) is 0.271. The molecule has 2 amide bonds. The summed E-state index contributed by atoms with van der Waals surface area (Å²) >= 11 is 1.19. The van der Waals surface area contributed by atoms with Crippen LogP contribution in [0.2, 0.25) is 0 Å². The zero-order valence-electron chi connectivity index (χ0n) is 24.8. The molecule has 0 aliphatic carbocycles. The van der Waals surface area contributed by atoms with Gasteiger partial charge in [0.1, 0.15) is 12.1 Å². The van der Waals surface area contributed by atoms with Crippen molar-refractivity contribution in [2.75, 3.05) is 17.7 Å². The van der Waals surface area contributed by atoms with Crippen LogP contribution < -0.4 is 9.64 Å². The fourth-order valence-electron chi connectivity index (χ4n) is 4.62. The summed E-state index contributed by atoms with van der Waals surface area (Å²) < 4.78 is 42.6. The van der Waals surface area contributed by atoms with Gasteiger partial charge in [0, 0.05) is 12.6 Å². The van der Waals surface area contributed by atoms with E-state index in [4.69, 9.17) is 4.84 Å². The first-order valence-electron chi connectivity index (χ1n) is 13.8. The van der Waals surface area contributed by atoms with Crippen molar-refractivity contribution in [2.24, 2.45) is 4.99 Å². The third-order valence-corrected chi connectivity index (χ3v) is 7.60. The molecule has 0 radical (unpaired) electrons. The van der Waals surface area contributed by atoms with Crippen molar-refractivity contribution in [1.82, 2.24) is 19.8 Å². The minimum Gasteiger partial charge on any atom is -0.406 e. The zero-order valence-corrected chi connectivity index (χ0v) is 25.6. The first-order chi connectivity index (χ1) is 21.4. The fourth-order valence-corrected chi connectivity index (χ4v) is 5.47. The Kier molecular flexibility index (Phi) is 9.25. The van der Waals surface area contributed by atoms with Gasteiger partial charge in [0.15, 0.2) is 11.0 Å². The quantitative estimate of drug-likeness (QED) is 0.193. The number of alkyl halides is 3. The summed E-state index contributed by atoms with van der Waals surface area (Å²) in [4.78, 5) is 40.8. The van der Waals surface area contributed by atoms with Crippen molar-refractivity contribution in [3.8, 4) is 22.8 Å². The maximum atomic E-state index is 12.8. The molecule has 0 spiro atoms. The molecule has 234 valence electrons. The van der Waals surface area contributed by atoms with Crippen molar-refractivity contribution >= 4 is 34.6 Å². The van der Waals surface area contributed by atoms with Crippen LogP contribution in [0.15, 0.2) is 78.0 Å². The van der Waals surface area contributed by atoms with Crippen LogP contribution in [0, 0.1) is 6.92 Å². The number of anilines is 1. The molecular weight excluding hydrogens is 609 g/mol. The van der Waals surface area contributed by atoms with E-state index >= 15 is 0 Å². The van der Waals surface area contributed by atoms with Crippen LogP contribution in [0.25, 0.3) is 17.1 Å². The van der Waals surface area contributed by atoms with Gasteiger partial charge in [0.2, 0.25) is 5.91 Å². The third-order valence-electron chi connectivity index (χ3n) is 6.68. The van der Waals surface area contributed by atoms with Crippen molar-refractivity contribution in [2.45, 2.75) is 39.6 Å². The number of nitrogens with zero attached hydrogens (tertiary/aromatic N) is 6. The van der Waals surface area contributed by atoms with Crippen molar-refractivity contribution in [3.05, 3.63) is 89.7 Å². The van der Waals surface area contributed by atoms with Gasteiger partial charge in [-0.1, -0.05) is 62.0 Å². The number of benzene rings is 3. The Hall–Kier alpha value is -4.69. The average Bonchev–Trinajstić information content (AvgIpc) is 3.60. The maximum Gasteiger partial charge on any atom is 0.573 e. The number of carbonyl (C=O) groups excluding carboxylic acids is 2. The van der Waals surface area contributed by atoms with E-state index in [-0.39, 0.29) is 35.0 Å². The van der Waals surface area contributed by atoms with E-state index in [0.29, 0.717) is 22.8 Å². The minimum absolute atomic E-state index is 0.153. The average molecular weight is 639 g/mol. The van der Waals surface area contributed by atoms with Gasteiger partial charge in [-0.2, -0.15) is 0 Å². The van der Waals surface area contributed by atoms with E-state index in [9.17, 15) is 22.8 Å². The number of thioether (sulfide) groups is 1. The lowest BCUT2D eigenvalue weighted by molar-refractivity contribution is -0.274. The van der Waals surface area contributed by atoms with Crippen molar-refractivity contribution < 1.29 is 32.3 Å². The van der Waals surface area contributed by atoms with Crippen LogP contribution in [-0.2, 0) is 16.2 Å². The monoisotopic (exact) mass is 638 g/mol. The molecule has 1 fully saturated rings. The molecule has 4 aromatic rings. The van der Waals surface area contributed by atoms with E-state index in [0.717, 1.165) is 16.7 Å². The molecule has 0 unspecified atom stereocenters. The van der Waals surface area contributed by atoms with Gasteiger partial charge in [-0.25, -0.2) is 14.5 Å². The molecule has 0 saturated carbocycles. The number of carbonyl (C=O) groups is 2. The van der Waals surface area contributed by atoms with E-state index in [2.05, 4.69) is 19.8 Å². The summed E-state index contributed by atoms with van der Waals surface area (Å²) in [7, 11) is 1.60. The summed E-state index contributed by atoms with van der Waals surface area (Å²) in [6.07, 6.45) is -4.16. The second-order valence-electron chi connectivity index (χ2n) is 10.5. The highest BCUT2D eigenvalue weighted by Gasteiger charge is 2.33. The predicted molar refractivity (Wildman–Crippen MR) is 164 cm³/mol. The first kappa shape index (κ1) is 31.7. The van der Waals surface area contributed by atoms with Crippen LogP contribution in [0.1, 0.15) is 36.5 Å².